The smallest absolute Gasteiger partial charge is 0.327 e. The van der Waals surface area contributed by atoms with Crippen molar-refractivity contribution >= 4 is 23.4 Å². The molecule has 1 saturated heterocycles. The fraction of sp³-hybridized carbons (Fsp3) is 0.381. The SMILES string of the molecule is COC(=O)C(c1ccccc1Cl)N1CCN(c2nc(C)cc(C)c2C#N)CC1. The molecule has 1 unspecified atom stereocenters. The molecule has 0 radical (unpaired) electrons. The molecule has 1 aliphatic rings. The van der Waals surface area contributed by atoms with Gasteiger partial charge in [0.2, 0.25) is 0 Å². The Balaban J connectivity index is 1.83. The lowest BCUT2D eigenvalue weighted by molar-refractivity contribution is -0.147. The van der Waals surface area contributed by atoms with E-state index >= 15 is 0 Å². The summed E-state index contributed by atoms with van der Waals surface area (Å²) in [6.07, 6.45) is 0. The number of carbonyl (C=O) groups excluding carboxylic acids is 1. The number of methoxy groups -OCH3 is 1. The zero-order chi connectivity index (χ0) is 20.3. The molecule has 1 atom stereocenters. The van der Waals surface area contributed by atoms with E-state index < -0.39 is 6.04 Å². The Kier molecular flexibility index (Phi) is 6.18. The maximum Gasteiger partial charge on any atom is 0.327 e. The van der Waals surface area contributed by atoms with Crippen molar-refractivity contribution in [3.63, 3.8) is 0 Å². The van der Waals surface area contributed by atoms with E-state index in [1.807, 2.05) is 38.1 Å². The van der Waals surface area contributed by atoms with Crippen LogP contribution in [-0.4, -0.2) is 49.1 Å². The number of halogens is 1. The maximum atomic E-state index is 12.5. The first-order chi connectivity index (χ1) is 13.5. The van der Waals surface area contributed by atoms with E-state index in [9.17, 15) is 10.1 Å². The third kappa shape index (κ3) is 3.96. The van der Waals surface area contributed by atoms with Crippen molar-refractivity contribution in [2.45, 2.75) is 19.9 Å². The Morgan fingerprint density at radius 3 is 2.54 bits per heavy atom. The average molecular weight is 399 g/mol. The van der Waals surface area contributed by atoms with Gasteiger partial charge in [-0.25, -0.2) is 9.78 Å². The predicted molar refractivity (Wildman–Crippen MR) is 108 cm³/mol. The number of piperazine rings is 1. The molecular weight excluding hydrogens is 376 g/mol. The van der Waals surface area contributed by atoms with Gasteiger partial charge in [0, 0.05) is 36.9 Å². The van der Waals surface area contributed by atoms with Gasteiger partial charge in [-0.3, -0.25) is 4.90 Å². The van der Waals surface area contributed by atoms with Crippen molar-refractivity contribution < 1.29 is 9.53 Å². The van der Waals surface area contributed by atoms with Crippen LogP contribution in [0.1, 0.15) is 28.4 Å². The van der Waals surface area contributed by atoms with Crippen molar-refractivity contribution in [2.24, 2.45) is 0 Å². The van der Waals surface area contributed by atoms with Crippen molar-refractivity contribution in [1.29, 1.82) is 5.26 Å². The number of esters is 1. The number of nitriles is 1. The first-order valence-corrected chi connectivity index (χ1v) is 9.53. The molecule has 1 aromatic carbocycles. The number of rotatable bonds is 4. The van der Waals surface area contributed by atoms with Crippen LogP contribution in [-0.2, 0) is 9.53 Å². The van der Waals surface area contributed by atoms with Gasteiger partial charge in [-0.1, -0.05) is 29.8 Å². The molecule has 146 valence electrons. The van der Waals surface area contributed by atoms with Crippen LogP contribution in [0.25, 0.3) is 0 Å². The second-order valence-electron chi connectivity index (χ2n) is 6.86. The second kappa shape index (κ2) is 8.59. The second-order valence-corrected chi connectivity index (χ2v) is 7.27. The minimum atomic E-state index is -0.552. The number of benzene rings is 1. The Hall–Kier alpha value is -2.62. The van der Waals surface area contributed by atoms with E-state index in [2.05, 4.69) is 20.9 Å². The predicted octanol–water partition coefficient (Wildman–Crippen LogP) is 3.26. The van der Waals surface area contributed by atoms with Gasteiger partial charge in [0.15, 0.2) is 0 Å². The number of carbonyl (C=O) groups is 1. The number of aromatic nitrogens is 1. The first kappa shape index (κ1) is 20.1. The van der Waals surface area contributed by atoms with Crippen molar-refractivity contribution in [2.75, 3.05) is 38.2 Å². The number of nitrogens with zero attached hydrogens (tertiary/aromatic N) is 4. The molecule has 0 amide bonds. The normalized spacial score (nSPS) is 15.8. The van der Waals surface area contributed by atoms with Gasteiger partial charge in [-0.15, -0.1) is 0 Å². The molecule has 0 N–H and O–H groups in total. The molecule has 0 saturated carbocycles. The summed E-state index contributed by atoms with van der Waals surface area (Å²) in [7, 11) is 1.39. The van der Waals surface area contributed by atoms with Crippen LogP contribution in [0.4, 0.5) is 5.82 Å². The molecule has 28 heavy (non-hydrogen) atoms. The minimum absolute atomic E-state index is 0.330. The summed E-state index contributed by atoms with van der Waals surface area (Å²) in [5.41, 5.74) is 3.16. The molecule has 2 aromatic rings. The van der Waals surface area contributed by atoms with Crippen LogP contribution in [0.3, 0.4) is 0 Å². The molecule has 7 heteroatoms. The maximum absolute atomic E-state index is 12.5. The third-order valence-electron chi connectivity index (χ3n) is 5.04. The van der Waals surface area contributed by atoms with E-state index in [1.165, 1.54) is 7.11 Å². The summed E-state index contributed by atoms with van der Waals surface area (Å²) in [5.74, 6) is 0.385. The highest BCUT2D eigenvalue weighted by molar-refractivity contribution is 6.31. The number of ether oxygens (including phenoxy) is 1. The van der Waals surface area contributed by atoms with E-state index in [4.69, 9.17) is 16.3 Å². The lowest BCUT2D eigenvalue weighted by Crippen LogP contribution is -2.50. The summed E-state index contributed by atoms with van der Waals surface area (Å²) in [6, 6.07) is 11.0. The Labute approximate surface area is 170 Å². The number of hydrogen-bond donors (Lipinski definition) is 0. The number of pyridine rings is 1. The number of anilines is 1. The molecule has 1 aromatic heterocycles. The lowest BCUT2D eigenvalue weighted by atomic mass is 10.0. The molecule has 0 aliphatic carbocycles. The summed E-state index contributed by atoms with van der Waals surface area (Å²) >= 11 is 6.35. The molecule has 6 nitrogen and oxygen atoms in total. The van der Waals surface area contributed by atoms with E-state index in [0.717, 1.165) is 16.8 Å². The highest BCUT2D eigenvalue weighted by Crippen LogP contribution is 2.31. The lowest BCUT2D eigenvalue weighted by Gasteiger charge is -2.39. The van der Waals surface area contributed by atoms with Gasteiger partial charge in [0.05, 0.1) is 12.7 Å². The molecular formula is C21H23ClN4O2. The van der Waals surface area contributed by atoms with Gasteiger partial charge < -0.3 is 9.64 Å². The quantitative estimate of drug-likeness (QED) is 0.736. The molecule has 2 heterocycles. The Bertz CT molecular complexity index is 917. The zero-order valence-electron chi connectivity index (χ0n) is 16.3. The fourth-order valence-electron chi connectivity index (χ4n) is 3.66. The van der Waals surface area contributed by atoms with Gasteiger partial charge in [0.1, 0.15) is 17.9 Å². The van der Waals surface area contributed by atoms with E-state index in [-0.39, 0.29) is 5.97 Å². The molecule has 0 spiro atoms. The van der Waals surface area contributed by atoms with Crippen LogP contribution in [0.2, 0.25) is 5.02 Å². The highest BCUT2D eigenvalue weighted by Gasteiger charge is 2.33. The summed E-state index contributed by atoms with van der Waals surface area (Å²) < 4.78 is 5.05. The largest absolute Gasteiger partial charge is 0.468 e. The topological polar surface area (TPSA) is 69.5 Å². The average Bonchev–Trinajstić information content (AvgIpc) is 2.69. The Morgan fingerprint density at radius 1 is 1.25 bits per heavy atom. The van der Waals surface area contributed by atoms with Crippen molar-refractivity contribution in [3.05, 3.63) is 57.7 Å². The number of hydrogen-bond acceptors (Lipinski definition) is 6. The first-order valence-electron chi connectivity index (χ1n) is 9.16. The molecule has 0 bridgehead atoms. The molecule has 3 rings (SSSR count). The monoisotopic (exact) mass is 398 g/mol. The summed E-state index contributed by atoms with van der Waals surface area (Å²) in [6.45, 7) is 6.43. The summed E-state index contributed by atoms with van der Waals surface area (Å²) in [4.78, 5) is 21.3. The molecule has 1 aliphatic heterocycles. The van der Waals surface area contributed by atoms with Crippen LogP contribution in [0.15, 0.2) is 30.3 Å². The van der Waals surface area contributed by atoms with Crippen LogP contribution >= 0.6 is 11.6 Å². The highest BCUT2D eigenvalue weighted by atomic mass is 35.5. The third-order valence-corrected chi connectivity index (χ3v) is 5.38. The fourth-order valence-corrected chi connectivity index (χ4v) is 3.90. The van der Waals surface area contributed by atoms with E-state index in [0.29, 0.717) is 42.6 Å². The van der Waals surface area contributed by atoms with Gasteiger partial charge in [-0.2, -0.15) is 5.26 Å². The van der Waals surface area contributed by atoms with Crippen molar-refractivity contribution in [1.82, 2.24) is 9.88 Å². The van der Waals surface area contributed by atoms with Crippen LogP contribution < -0.4 is 4.90 Å². The minimum Gasteiger partial charge on any atom is -0.468 e. The van der Waals surface area contributed by atoms with E-state index in [1.54, 1.807) is 6.07 Å². The van der Waals surface area contributed by atoms with Crippen LogP contribution in [0, 0.1) is 25.2 Å². The standard InChI is InChI=1S/C21H23ClN4O2/c1-14-12-15(2)24-20(17(14)13-23)26-10-8-25(9-11-26)19(21(27)28-3)16-6-4-5-7-18(16)22/h4-7,12,19H,8-11H2,1-3H3. The Morgan fingerprint density at radius 2 is 1.93 bits per heavy atom. The van der Waals surface area contributed by atoms with Gasteiger partial charge in [0.25, 0.3) is 0 Å². The molecule has 1 fully saturated rings. The van der Waals surface area contributed by atoms with Gasteiger partial charge in [-0.05, 0) is 37.1 Å². The number of aryl methyl sites for hydroxylation is 2. The van der Waals surface area contributed by atoms with Crippen LogP contribution in [0.5, 0.6) is 0 Å². The summed E-state index contributed by atoms with van der Waals surface area (Å²) in [5, 5.41) is 10.1. The zero-order valence-corrected chi connectivity index (χ0v) is 17.0. The van der Waals surface area contributed by atoms with Crippen molar-refractivity contribution in [3.8, 4) is 6.07 Å². The van der Waals surface area contributed by atoms with Gasteiger partial charge >= 0.3 is 5.97 Å².